The summed E-state index contributed by atoms with van der Waals surface area (Å²) in [6.07, 6.45) is 0.516. The number of rotatable bonds is 4. The molecule has 2 rings (SSSR count). The lowest BCUT2D eigenvalue weighted by Gasteiger charge is -2.11. The van der Waals surface area contributed by atoms with Crippen molar-refractivity contribution in [3.05, 3.63) is 48.0 Å². The van der Waals surface area contributed by atoms with Gasteiger partial charge in [0, 0.05) is 5.56 Å². The minimum absolute atomic E-state index is 0.0350. The zero-order valence-electron chi connectivity index (χ0n) is 9.60. The summed E-state index contributed by atoms with van der Waals surface area (Å²) in [4.78, 5) is 12.2. The van der Waals surface area contributed by atoms with Gasteiger partial charge in [-0.15, -0.1) is 0 Å². The molecular weight excluding hydrogens is 212 g/mol. The summed E-state index contributed by atoms with van der Waals surface area (Å²) in [5.74, 6) is -0.0350. The molecule has 0 aliphatic carbocycles. The Kier molecular flexibility index (Phi) is 3.52. The molecule has 0 saturated heterocycles. The highest BCUT2D eigenvalue weighted by molar-refractivity contribution is 6.10. The molecule has 1 atom stereocenters. The van der Waals surface area contributed by atoms with Crippen LogP contribution in [0.3, 0.4) is 0 Å². The smallest absolute Gasteiger partial charge is 0.180 e. The Bertz CT molecular complexity index is 531. The Labute approximate surface area is 100 Å². The van der Waals surface area contributed by atoms with E-state index in [1.165, 1.54) is 0 Å². The normalized spacial score (nSPS) is 12.6. The minimum Gasteiger partial charge on any atom is -0.330 e. The molecule has 0 heterocycles. The molecule has 2 aromatic rings. The average molecular weight is 228 g/mol. The number of ketones is 1. The molecule has 0 aliphatic rings. The van der Waals surface area contributed by atoms with Crippen LogP contribution in [-0.2, 0) is 0 Å². The summed E-state index contributed by atoms with van der Waals surface area (Å²) in [5.41, 5.74) is 11.9. The van der Waals surface area contributed by atoms with Crippen LogP contribution in [0.25, 0.3) is 10.8 Å². The zero-order valence-corrected chi connectivity index (χ0v) is 9.60. The van der Waals surface area contributed by atoms with E-state index in [0.29, 0.717) is 18.5 Å². The number of hydrogen-bond acceptors (Lipinski definition) is 3. The van der Waals surface area contributed by atoms with Gasteiger partial charge in [-0.1, -0.05) is 42.5 Å². The first-order chi connectivity index (χ1) is 8.24. The molecular formula is C14H16N2O. The van der Waals surface area contributed by atoms with Crippen molar-refractivity contribution in [2.45, 2.75) is 12.5 Å². The Hall–Kier alpha value is -1.71. The number of benzene rings is 2. The van der Waals surface area contributed by atoms with Crippen molar-refractivity contribution in [2.75, 3.05) is 6.54 Å². The van der Waals surface area contributed by atoms with Crippen LogP contribution in [0, 0.1) is 0 Å². The molecule has 3 nitrogen and oxygen atoms in total. The van der Waals surface area contributed by atoms with Gasteiger partial charge >= 0.3 is 0 Å². The van der Waals surface area contributed by atoms with Crippen LogP contribution in [0.15, 0.2) is 42.5 Å². The van der Waals surface area contributed by atoms with Gasteiger partial charge in [0.25, 0.3) is 0 Å². The third-order valence-corrected chi connectivity index (χ3v) is 2.87. The average Bonchev–Trinajstić information content (AvgIpc) is 2.37. The molecule has 17 heavy (non-hydrogen) atoms. The van der Waals surface area contributed by atoms with E-state index in [1.807, 2.05) is 42.5 Å². The van der Waals surface area contributed by atoms with E-state index in [4.69, 9.17) is 11.5 Å². The monoisotopic (exact) mass is 228 g/mol. The SMILES string of the molecule is NCCC(N)C(=O)c1cccc2ccccc12. The van der Waals surface area contributed by atoms with Crippen LogP contribution >= 0.6 is 0 Å². The largest absolute Gasteiger partial charge is 0.330 e. The van der Waals surface area contributed by atoms with Crippen molar-refractivity contribution in [1.29, 1.82) is 0 Å². The summed E-state index contributed by atoms with van der Waals surface area (Å²) in [5, 5.41) is 2.01. The first kappa shape index (κ1) is 11.8. The second-order valence-corrected chi connectivity index (χ2v) is 4.07. The highest BCUT2D eigenvalue weighted by Gasteiger charge is 2.16. The van der Waals surface area contributed by atoms with E-state index < -0.39 is 6.04 Å². The van der Waals surface area contributed by atoms with Crippen molar-refractivity contribution in [1.82, 2.24) is 0 Å². The van der Waals surface area contributed by atoms with Crippen molar-refractivity contribution in [3.8, 4) is 0 Å². The van der Waals surface area contributed by atoms with E-state index in [2.05, 4.69) is 0 Å². The molecule has 0 aromatic heterocycles. The van der Waals surface area contributed by atoms with Crippen LogP contribution in [0.5, 0.6) is 0 Å². The van der Waals surface area contributed by atoms with Crippen LogP contribution < -0.4 is 11.5 Å². The van der Waals surface area contributed by atoms with E-state index in [1.54, 1.807) is 0 Å². The Morgan fingerprint density at radius 3 is 2.59 bits per heavy atom. The van der Waals surface area contributed by atoms with Gasteiger partial charge in [0.1, 0.15) is 0 Å². The number of fused-ring (bicyclic) bond motifs is 1. The summed E-state index contributed by atoms with van der Waals surface area (Å²) in [6.45, 7) is 0.428. The third kappa shape index (κ3) is 2.35. The molecule has 0 bridgehead atoms. The van der Waals surface area contributed by atoms with E-state index in [9.17, 15) is 4.79 Å². The molecule has 3 heteroatoms. The zero-order chi connectivity index (χ0) is 12.3. The first-order valence-corrected chi connectivity index (χ1v) is 5.71. The molecule has 1 unspecified atom stereocenters. The minimum atomic E-state index is -0.509. The summed E-state index contributed by atoms with van der Waals surface area (Å²) < 4.78 is 0. The fraction of sp³-hybridized carbons (Fsp3) is 0.214. The molecule has 0 fully saturated rings. The lowest BCUT2D eigenvalue weighted by molar-refractivity contribution is 0.0960. The van der Waals surface area contributed by atoms with Crippen molar-refractivity contribution < 1.29 is 4.79 Å². The topological polar surface area (TPSA) is 69.1 Å². The Morgan fingerprint density at radius 1 is 1.12 bits per heavy atom. The van der Waals surface area contributed by atoms with E-state index >= 15 is 0 Å². The van der Waals surface area contributed by atoms with Crippen LogP contribution in [0.2, 0.25) is 0 Å². The van der Waals surface area contributed by atoms with Crippen LogP contribution in [0.4, 0.5) is 0 Å². The Morgan fingerprint density at radius 2 is 1.82 bits per heavy atom. The van der Waals surface area contributed by atoms with Gasteiger partial charge in [-0.3, -0.25) is 4.79 Å². The van der Waals surface area contributed by atoms with Gasteiger partial charge in [-0.2, -0.15) is 0 Å². The molecule has 2 aromatic carbocycles. The van der Waals surface area contributed by atoms with Crippen molar-refractivity contribution in [3.63, 3.8) is 0 Å². The van der Waals surface area contributed by atoms with Gasteiger partial charge in [0.2, 0.25) is 0 Å². The molecule has 0 radical (unpaired) electrons. The maximum Gasteiger partial charge on any atom is 0.180 e. The molecule has 88 valence electrons. The molecule has 0 amide bonds. The van der Waals surface area contributed by atoms with E-state index in [-0.39, 0.29) is 5.78 Å². The van der Waals surface area contributed by atoms with E-state index in [0.717, 1.165) is 10.8 Å². The number of carbonyl (C=O) groups excluding carboxylic acids is 1. The quantitative estimate of drug-likeness (QED) is 0.782. The maximum atomic E-state index is 12.2. The van der Waals surface area contributed by atoms with Crippen molar-refractivity contribution >= 4 is 16.6 Å². The number of hydrogen-bond donors (Lipinski definition) is 2. The second-order valence-electron chi connectivity index (χ2n) is 4.07. The molecule has 0 aliphatic heterocycles. The predicted octanol–water partition coefficient (Wildman–Crippen LogP) is 1.70. The Balaban J connectivity index is 2.45. The summed E-state index contributed by atoms with van der Waals surface area (Å²) >= 11 is 0. The lowest BCUT2D eigenvalue weighted by atomic mass is 9.96. The molecule has 4 N–H and O–H groups in total. The first-order valence-electron chi connectivity index (χ1n) is 5.71. The fourth-order valence-corrected chi connectivity index (χ4v) is 1.95. The lowest BCUT2D eigenvalue weighted by Crippen LogP contribution is -2.32. The maximum absolute atomic E-state index is 12.2. The van der Waals surface area contributed by atoms with Gasteiger partial charge in [0.05, 0.1) is 6.04 Å². The molecule has 0 spiro atoms. The summed E-state index contributed by atoms with van der Waals surface area (Å²) in [7, 11) is 0. The standard InChI is InChI=1S/C14H16N2O/c15-9-8-13(16)14(17)12-7-3-5-10-4-1-2-6-11(10)12/h1-7,13H,8-9,15-16H2. The second kappa shape index (κ2) is 5.08. The van der Waals surface area contributed by atoms with Gasteiger partial charge < -0.3 is 11.5 Å². The predicted molar refractivity (Wildman–Crippen MR) is 69.9 cm³/mol. The van der Waals surface area contributed by atoms with Crippen molar-refractivity contribution in [2.24, 2.45) is 11.5 Å². The highest BCUT2D eigenvalue weighted by atomic mass is 16.1. The molecule has 0 saturated carbocycles. The van der Waals surface area contributed by atoms with Gasteiger partial charge in [0.15, 0.2) is 5.78 Å². The highest BCUT2D eigenvalue weighted by Crippen LogP contribution is 2.19. The number of carbonyl (C=O) groups is 1. The van der Waals surface area contributed by atoms with Gasteiger partial charge in [-0.25, -0.2) is 0 Å². The van der Waals surface area contributed by atoms with Gasteiger partial charge in [-0.05, 0) is 23.7 Å². The fourth-order valence-electron chi connectivity index (χ4n) is 1.95. The van der Waals surface area contributed by atoms with Crippen LogP contribution in [-0.4, -0.2) is 18.4 Å². The third-order valence-electron chi connectivity index (χ3n) is 2.87. The number of Topliss-reactive ketones (excluding diaryl/α,β-unsaturated/α-hetero) is 1. The summed E-state index contributed by atoms with van der Waals surface area (Å²) in [6, 6.07) is 13.0. The van der Waals surface area contributed by atoms with Crippen LogP contribution in [0.1, 0.15) is 16.8 Å². The number of nitrogens with two attached hydrogens (primary N) is 2.